The first-order chi connectivity index (χ1) is 28.7. The van der Waals surface area contributed by atoms with E-state index in [0.29, 0.717) is 0 Å². The van der Waals surface area contributed by atoms with Gasteiger partial charge in [0, 0.05) is 21.5 Å². The molecule has 5 heterocycles. The Hall–Kier alpha value is -6.91. The Labute approximate surface area is 333 Å². The van der Waals surface area contributed by atoms with Crippen LogP contribution in [0.25, 0.3) is 109 Å². The van der Waals surface area contributed by atoms with Gasteiger partial charge in [0.25, 0.3) is 0 Å². The third-order valence-corrected chi connectivity index (χ3v) is 14.8. The Morgan fingerprint density at radius 3 is 0.793 bits per heavy atom. The van der Waals surface area contributed by atoms with Crippen LogP contribution in [0.3, 0.4) is 0 Å². The van der Waals surface area contributed by atoms with E-state index in [1.807, 2.05) is 0 Å². The third kappa shape index (κ3) is 2.98. The van der Waals surface area contributed by atoms with Crippen LogP contribution in [-0.2, 0) is 0 Å². The third-order valence-electron chi connectivity index (χ3n) is 14.8. The van der Waals surface area contributed by atoms with Gasteiger partial charge in [0.1, 0.15) is 23.0 Å². The van der Waals surface area contributed by atoms with Gasteiger partial charge in [0.2, 0.25) is 13.4 Å². The molecule has 0 aromatic heterocycles. The minimum Gasteiger partial charge on any atom is -0.496 e. The van der Waals surface area contributed by atoms with Crippen LogP contribution < -0.4 is 51.7 Å². The average Bonchev–Trinajstić information content (AvgIpc) is 3.27. The van der Waals surface area contributed by atoms with E-state index in [1.165, 1.54) is 120 Å². The first-order valence-electron chi connectivity index (χ1n) is 20.1. The summed E-state index contributed by atoms with van der Waals surface area (Å²) in [6.07, 6.45) is 0. The molecule has 5 aliphatic heterocycles. The van der Waals surface area contributed by atoms with Gasteiger partial charge in [0.05, 0.1) is 28.4 Å². The second-order valence-corrected chi connectivity index (χ2v) is 16.6. The summed E-state index contributed by atoms with van der Waals surface area (Å²) >= 11 is 0. The quantitative estimate of drug-likeness (QED) is 0.136. The van der Waals surface area contributed by atoms with Crippen LogP contribution in [0.15, 0.2) is 109 Å². The fourth-order valence-corrected chi connectivity index (χ4v) is 13.0. The van der Waals surface area contributed by atoms with Gasteiger partial charge in [-0.3, -0.25) is 0 Å². The Morgan fingerprint density at radius 2 is 0.552 bits per heavy atom. The zero-order valence-electron chi connectivity index (χ0n) is 32.2. The molecule has 0 unspecified atom stereocenters. The molecule has 10 aromatic rings. The maximum atomic E-state index is 6.22. The highest BCUT2D eigenvalue weighted by molar-refractivity contribution is 7.17. The van der Waals surface area contributed by atoms with Crippen LogP contribution in [-0.4, -0.2) is 41.9 Å². The van der Waals surface area contributed by atoms with E-state index in [0.717, 1.165) is 44.5 Å². The summed E-state index contributed by atoms with van der Waals surface area (Å²) in [6.45, 7) is -0.00432. The van der Waals surface area contributed by atoms with Crippen molar-refractivity contribution in [2.24, 2.45) is 0 Å². The molecule has 0 amide bonds. The van der Waals surface area contributed by atoms with E-state index >= 15 is 0 Å². The number of methoxy groups -OCH3 is 4. The molecule has 0 atom stereocenters. The Balaban J connectivity index is 1.32. The van der Waals surface area contributed by atoms with Crippen molar-refractivity contribution in [1.29, 1.82) is 0 Å². The highest BCUT2D eigenvalue weighted by Gasteiger charge is 2.54. The molecule has 0 saturated heterocycles. The van der Waals surface area contributed by atoms with Crippen molar-refractivity contribution in [1.82, 2.24) is 0 Å². The zero-order chi connectivity index (χ0) is 38.0. The number of hydrogen-bond donors (Lipinski definition) is 0. The van der Waals surface area contributed by atoms with Crippen molar-refractivity contribution in [3.05, 3.63) is 109 Å². The fraction of sp³-hybridized carbons (Fsp3) is 0.0769. The second kappa shape index (κ2) is 9.78. The Kier molecular flexibility index (Phi) is 5.10. The predicted molar refractivity (Wildman–Crippen MR) is 242 cm³/mol. The molecule has 6 heteroatoms. The van der Waals surface area contributed by atoms with Gasteiger partial charge in [0.15, 0.2) is 0 Å². The lowest BCUT2D eigenvalue weighted by molar-refractivity contribution is 0.418. The van der Waals surface area contributed by atoms with Crippen LogP contribution >= 0.6 is 0 Å². The molecular formula is C52H30B2O4. The number of benzene rings is 10. The average molecular weight is 740 g/mol. The topological polar surface area (TPSA) is 36.9 Å². The van der Waals surface area contributed by atoms with Crippen LogP contribution in [0.1, 0.15) is 0 Å². The highest BCUT2D eigenvalue weighted by atomic mass is 16.5. The molecule has 5 aliphatic rings. The number of ether oxygens (including phenoxy) is 4. The van der Waals surface area contributed by atoms with Crippen molar-refractivity contribution >= 4 is 111 Å². The van der Waals surface area contributed by atoms with Crippen molar-refractivity contribution in [3.63, 3.8) is 0 Å². The van der Waals surface area contributed by atoms with E-state index in [2.05, 4.69) is 109 Å². The summed E-state index contributed by atoms with van der Waals surface area (Å²) in [6, 6.07) is 41.1. The summed E-state index contributed by atoms with van der Waals surface area (Å²) in [5.74, 6) is 3.54. The van der Waals surface area contributed by atoms with E-state index in [-0.39, 0.29) is 13.4 Å². The number of fused-ring (bicyclic) bond motifs is 10. The van der Waals surface area contributed by atoms with Crippen LogP contribution in [0, 0.1) is 0 Å². The summed E-state index contributed by atoms with van der Waals surface area (Å²) in [7, 11) is 7.19. The number of rotatable bonds is 4. The minimum absolute atomic E-state index is 0.00216. The molecule has 58 heavy (non-hydrogen) atoms. The molecule has 0 spiro atoms. The normalized spacial score (nSPS) is 13.8. The largest absolute Gasteiger partial charge is 0.496 e. The van der Waals surface area contributed by atoms with Crippen molar-refractivity contribution in [2.75, 3.05) is 28.4 Å². The highest BCUT2D eigenvalue weighted by Crippen LogP contribution is 2.53. The van der Waals surface area contributed by atoms with Crippen LogP contribution in [0.2, 0.25) is 0 Å². The molecular weight excluding hydrogens is 710 g/mol. The summed E-state index contributed by atoms with van der Waals surface area (Å²) in [5.41, 5.74) is 19.1. The SMILES string of the molecule is COc1ccc2c3c4c5c(ccc(OC)c5cc13)-c1c3c5c(c6ccccc16)-c1ccc(OC)c6cc7c(OC)ccc8c7c(c16)B5c1c(c-2c2ccccc2c1-8)B34. The molecule has 0 saturated carbocycles. The van der Waals surface area contributed by atoms with Gasteiger partial charge in [-0.05, 0) is 124 Å². The first-order valence-corrected chi connectivity index (χ1v) is 20.1. The smallest absolute Gasteiger partial charge is 0.243 e. The molecule has 4 nitrogen and oxygen atoms in total. The fourth-order valence-electron chi connectivity index (χ4n) is 13.0. The lowest BCUT2D eigenvalue weighted by atomic mass is 9.16. The standard InChI is InChI=1S/C52H30B2O4/c1-55-35-17-13-27-39-23-9-5-6-10-24(23)41-29-15-19-37(57-3)33-22-34-38(58-4)20-16-30-42-26-12-8-7-11-25(26)40-28-14-18-36(56-2)32-21-31(35)43(27)47(44(28)32)53-49(39)51(41)54(52(42)50(40)53)48(45(29)33)46(30)34/h5-22H,1-4H3. The van der Waals surface area contributed by atoms with Crippen molar-refractivity contribution in [3.8, 4) is 67.5 Å². The number of hydrogen-bond acceptors (Lipinski definition) is 4. The maximum Gasteiger partial charge on any atom is 0.243 e. The minimum atomic E-state index is -0.00216. The molecule has 0 bridgehead atoms. The molecule has 0 N–H and O–H groups in total. The first kappa shape index (κ1) is 30.3. The van der Waals surface area contributed by atoms with E-state index < -0.39 is 0 Å². The van der Waals surface area contributed by atoms with Gasteiger partial charge in [-0.2, -0.15) is 0 Å². The van der Waals surface area contributed by atoms with Gasteiger partial charge in [-0.1, -0.05) is 106 Å². The molecule has 268 valence electrons. The second-order valence-electron chi connectivity index (χ2n) is 16.6. The maximum absolute atomic E-state index is 6.22. The van der Waals surface area contributed by atoms with E-state index in [4.69, 9.17) is 18.9 Å². The van der Waals surface area contributed by atoms with Gasteiger partial charge in [-0.25, -0.2) is 0 Å². The Morgan fingerprint density at radius 1 is 0.293 bits per heavy atom. The molecule has 15 rings (SSSR count). The van der Waals surface area contributed by atoms with Gasteiger partial charge >= 0.3 is 0 Å². The monoisotopic (exact) mass is 740 g/mol. The van der Waals surface area contributed by atoms with E-state index in [9.17, 15) is 0 Å². The molecule has 0 aliphatic carbocycles. The van der Waals surface area contributed by atoms with Gasteiger partial charge < -0.3 is 18.9 Å². The van der Waals surface area contributed by atoms with Crippen molar-refractivity contribution in [2.45, 2.75) is 0 Å². The predicted octanol–water partition coefficient (Wildman–Crippen LogP) is 7.91. The van der Waals surface area contributed by atoms with Crippen LogP contribution in [0.5, 0.6) is 23.0 Å². The van der Waals surface area contributed by atoms with E-state index in [1.54, 1.807) is 28.4 Å². The Bertz CT molecular complexity index is 3270. The lowest BCUT2D eigenvalue weighted by Gasteiger charge is -2.47. The summed E-state index contributed by atoms with van der Waals surface area (Å²) in [5, 5.41) is 14.9. The van der Waals surface area contributed by atoms with Crippen LogP contribution in [0.4, 0.5) is 0 Å². The zero-order valence-corrected chi connectivity index (χ0v) is 32.2. The summed E-state index contributed by atoms with van der Waals surface area (Å²) in [4.78, 5) is 0. The van der Waals surface area contributed by atoms with Crippen molar-refractivity contribution < 1.29 is 18.9 Å². The summed E-state index contributed by atoms with van der Waals surface area (Å²) < 4.78 is 24.9. The lowest BCUT2D eigenvalue weighted by Crippen LogP contribution is -2.79. The van der Waals surface area contributed by atoms with Gasteiger partial charge in [-0.15, -0.1) is 0 Å². The molecule has 0 fully saturated rings. The molecule has 10 aromatic carbocycles. The molecule has 0 radical (unpaired) electrons.